The van der Waals surface area contributed by atoms with Crippen molar-refractivity contribution < 1.29 is 9.59 Å². The van der Waals surface area contributed by atoms with Gasteiger partial charge in [-0.3, -0.25) is 14.5 Å². The molecule has 0 unspecified atom stereocenters. The Bertz CT molecular complexity index is 889. The van der Waals surface area contributed by atoms with Crippen LogP contribution in [0.2, 0.25) is 10.0 Å². The molecular formula is C23H27Cl2N3O2. The Morgan fingerprint density at radius 1 is 1.13 bits per heavy atom. The number of carbonyl (C=O) groups is 2. The van der Waals surface area contributed by atoms with Crippen LogP contribution in [0.4, 0.5) is 0 Å². The zero-order valence-electron chi connectivity index (χ0n) is 17.2. The third-order valence-electron chi connectivity index (χ3n) is 5.28. The third kappa shape index (κ3) is 5.97. The highest BCUT2D eigenvalue weighted by atomic mass is 35.5. The molecule has 1 aliphatic rings. The SMILES string of the molecule is CC(C)[C@@H](NC(=O)c1ccc(Cl)cc1Cl)C(=O)N[C@@H]1CCN(Cc2ccccc2)C1. The Balaban J connectivity index is 1.57. The lowest BCUT2D eigenvalue weighted by Crippen LogP contribution is -2.52. The first-order chi connectivity index (χ1) is 14.3. The smallest absolute Gasteiger partial charge is 0.253 e. The molecule has 0 aromatic heterocycles. The number of carbonyl (C=O) groups excluding carboxylic acids is 2. The topological polar surface area (TPSA) is 61.4 Å². The van der Waals surface area contributed by atoms with Crippen LogP contribution in [0, 0.1) is 5.92 Å². The minimum absolute atomic E-state index is 0.0677. The first-order valence-corrected chi connectivity index (χ1v) is 10.9. The summed E-state index contributed by atoms with van der Waals surface area (Å²) in [4.78, 5) is 27.9. The van der Waals surface area contributed by atoms with E-state index in [4.69, 9.17) is 23.2 Å². The minimum atomic E-state index is -0.646. The maximum atomic E-state index is 12.9. The molecular weight excluding hydrogens is 421 g/mol. The fraction of sp³-hybridized carbons (Fsp3) is 0.391. The fourth-order valence-corrected chi connectivity index (χ4v) is 4.15. The van der Waals surface area contributed by atoms with Crippen molar-refractivity contribution in [2.75, 3.05) is 13.1 Å². The molecule has 5 nitrogen and oxygen atoms in total. The summed E-state index contributed by atoms with van der Waals surface area (Å²) in [6.07, 6.45) is 0.889. The second kappa shape index (κ2) is 10.3. The largest absolute Gasteiger partial charge is 0.350 e. The molecule has 0 bridgehead atoms. The lowest BCUT2D eigenvalue weighted by atomic mass is 10.0. The molecule has 3 rings (SSSR count). The van der Waals surface area contributed by atoms with Crippen molar-refractivity contribution in [3.8, 4) is 0 Å². The Hall–Kier alpha value is -2.08. The van der Waals surface area contributed by atoms with Crippen LogP contribution in [0.25, 0.3) is 0 Å². The molecule has 0 spiro atoms. The number of hydrogen-bond donors (Lipinski definition) is 2. The summed E-state index contributed by atoms with van der Waals surface area (Å²) in [6, 6.07) is 14.4. The van der Waals surface area contributed by atoms with Gasteiger partial charge in [0, 0.05) is 30.7 Å². The van der Waals surface area contributed by atoms with Crippen molar-refractivity contribution in [2.24, 2.45) is 5.92 Å². The normalized spacial score (nSPS) is 17.7. The van der Waals surface area contributed by atoms with Crippen molar-refractivity contribution in [3.05, 3.63) is 69.7 Å². The molecule has 7 heteroatoms. The first kappa shape index (κ1) is 22.6. The molecule has 160 valence electrons. The molecule has 0 aliphatic carbocycles. The number of rotatable bonds is 7. The molecule has 2 aromatic rings. The van der Waals surface area contributed by atoms with Crippen molar-refractivity contribution in [2.45, 2.75) is 38.9 Å². The van der Waals surface area contributed by atoms with Crippen LogP contribution in [0.1, 0.15) is 36.2 Å². The number of nitrogens with one attached hydrogen (secondary N) is 2. The van der Waals surface area contributed by atoms with E-state index in [9.17, 15) is 9.59 Å². The Morgan fingerprint density at radius 2 is 1.87 bits per heavy atom. The molecule has 2 amide bonds. The van der Waals surface area contributed by atoms with Crippen LogP contribution in [0.5, 0.6) is 0 Å². The van der Waals surface area contributed by atoms with Gasteiger partial charge in [-0.1, -0.05) is 67.4 Å². The Kier molecular flexibility index (Phi) is 7.75. The molecule has 1 aliphatic heterocycles. The lowest BCUT2D eigenvalue weighted by Gasteiger charge is -2.24. The summed E-state index contributed by atoms with van der Waals surface area (Å²) >= 11 is 12.0. The molecule has 1 heterocycles. The zero-order chi connectivity index (χ0) is 21.7. The molecule has 0 radical (unpaired) electrons. The molecule has 30 heavy (non-hydrogen) atoms. The van der Waals surface area contributed by atoms with E-state index in [0.29, 0.717) is 10.6 Å². The standard InChI is InChI=1S/C23H27Cl2N3O2/c1-15(2)21(27-22(29)19-9-8-17(24)12-20(19)25)23(30)26-18-10-11-28(14-18)13-16-6-4-3-5-7-16/h3-9,12,15,18,21H,10-11,13-14H2,1-2H3,(H,26,30)(H,27,29)/t18-,21-/m1/s1. The van der Waals surface area contributed by atoms with Crippen molar-refractivity contribution in [3.63, 3.8) is 0 Å². The minimum Gasteiger partial charge on any atom is -0.350 e. The summed E-state index contributed by atoms with van der Waals surface area (Å²) in [5, 5.41) is 6.65. The van der Waals surface area contributed by atoms with Gasteiger partial charge >= 0.3 is 0 Å². The summed E-state index contributed by atoms with van der Waals surface area (Å²) in [7, 11) is 0. The molecule has 0 saturated carbocycles. The van der Waals surface area contributed by atoms with Crippen LogP contribution < -0.4 is 10.6 Å². The summed E-state index contributed by atoms with van der Waals surface area (Å²) in [6.45, 7) is 6.41. The van der Waals surface area contributed by atoms with Gasteiger partial charge in [0.25, 0.3) is 5.91 Å². The summed E-state index contributed by atoms with van der Waals surface area (Å²) in [5.74, 6) is -0.625. The first-order valence-electron chi connectivity index (χ1n) is 10.2. The van der Waals surface area contributed by atoms with E-state index in [-0.39, 0.29) is 28.8 Å². The molecule has 2 N–H and O–H groups in total. The number of benzene rings is 2. The van der Waals surface area contributed by atoms with Crippen molar-refractivity contribution in [1.29, 1.82) is 0 Å². The predicted molar refractivity (Wildman–Crippen MR) is 121 cm³/mol. The zero-order valence-corrected chi connectivity index (χ0v) is 18.7. The van der Waals surface area contributed by atoms with Gasteiger partial charge in [0.15, 0.2) is 0 Å². The van der Waals surface area contributed by atoms with Crippen LogP contribution in [0.15, 0.2) is 48.5 Å². The monoisotopic (exact) mass is 447 g/mol. The van der Waals surface area contributed by atoms with Gasteiger partial charge in [0.05, 0.1) is 10.6 Å². The highest BCUT2D eigenvalue weighted by Gasteiger charge is 2.30. The average molecular weight is 448 g/mol. The molecule has 1 fully saturated rings. The van der Waals surface area contributed by atoms with Crippen molar-refractivity contribution >= 4 is 35.0 Å². The predicted octanol–water partition coefficient (Wildman–Crippen LogP) is 4.14. The number of nitrogens with zero attached hydrogens (tertiary/aromatic N) is 1. The van der Waals surface area contributed by atoms with Crippen LogP contribution >= 0.6 is 23.2 Å². The Morgan fingerprint density at radius 3 is 2.53 bits per heavy atom. The average Bonchev–Trinajstić information content (AvgIpc) is 3.13. The molecule has 2 aromatic carbocycles. The van der Waals surface area contributed by atoms with Crippen molar-refractivity contribution in [1.82, 2.24) is 15.5 Å². The second-order valence-corrected chi connectivity index (χ2v) is 8.88. The second-order valence-electron chi connectivity index (χ2n) is 8.03. The summed E-state index contributed by atoms with van der Waals surface area (Å²) in [5.41, 5.74) is 1.56. The van der Waals surface area contributed by atoms with Crippen LogP contribution in [-0.2, 0) is 11.3 Å². The van der Waals surface area contributed by atoms with Gasteiger partial charge < -0.3 is 10.6 Å². The van der Waals surface area contributed by atoms with Gasteiger partial charge in [-0.05, 0) is 36.1 Å². The van der Waals surface area contributed by atoms with Crippen LogP contribution in [0.3, 0.4) is 0 Å². The van der Waals surface area contributed by atoms with Gasteiger partial charge in [-0.2, -0.15) is 0 Å². The fourth-order valence-electron chi connectivity index (χ4n) is 3.65. The van der Waals surface area contributed by atoms with E-state index in [1.165, 1.54) is 11.6 Å². The highest BCUT2D eigenvalue weighted by Crippen LogP contribution is 2.21. The molecule has 1 saturated heterocycles. The number of halogens is 2. The van der Waals surface area contributed by atoms with Gasteiger partial charge in [0.1, 0.15) is 6.04 Å². The summed E-state index contributed by atoms with van der Waals surface area (Å²) < 4.78 is 0. The maximum Gasteiger partial charge on any atom is 0.253 e. The van der Waals surface area contributed by atoms with Crippen LogP contribution in [-0.4, -0.2) is 41.9 Å². The highest BCUT2D eigenvalue weighted by molar-refractivity contribution is 6.36. The van der Waals surface area contributed by atoms with E-state index in [1.54, 1.807) is 12.1 Å². The number of hydrogen-bond acceptors (Lipinski definition) is 3. The van der Waals surface area contributed by atoms with Gasteiger partial charge in [-0.25, -0.2) is 0 Å². The Labute approximate surface area is 187 Å². The maximum absolute atomic E-state index is 12.9. The molecule has 2 atom stereocenters. The number of amides is 2. The van der Waals surface area contributed by atoms with Gasteiger partial charge in [0.2, 0.25) is 5.91 Å². The third-order valence-corrected chi connectivity index (χ3v) is 5.83. The van der Waals surface area contributed by atoms with E-state index in [1.807, 2.05) is 32.0 Å². The van der Waals surface area contributed by atoms with E-state index < -0.39 is 6.04 Å². The quantitative estimate of drug-likeness (QED) is 0.670. The number of likely N-dealkylation sites (tertiary alicyclic amines) is 1. The van der Waals surface area contributed by atoms with E-state index in [0.717, 1.165) is 26.1 Å². The van der Waals surface area contributed by atoms with E-state index in [2.05, 4.69) is 27.7 Å². The van der Waals surface area contributed by atoms with Gasteiger partial charge in [-0.15, -0.1) is 0 Å². The van der Waals surface area contributed by atoms with E-state index >= 15 is 0 Å². The lowest BCUT2D eigenvalue weighted by molar-refractivity contribution is -0.124.